The third-order valence-corrected chi connectivity index (χ3v) is 8.46. The summed E-state index contributed by atoms with van der Waals surface area (Å²) in [5.74, 6) is -1.49. The first kappa shape index (κ1) is 28.2. The molecule has 3 aromatic heterocycles. The standard InChI is InChI=1S/C28H32F2N6O3S/c1-5-18-22-20(9-10-31-18)40-26(35-22)21-13(2)33-27(32-12-14-16(29)7-6-8-17(14)30)36-25(21)34-19-11-15(28(3,4)39)23(37)24(19)38/h6-10,15,19,23-24,37-39H,5,11-12H2,1-4H3,(H2,32,33,34,36)/t15-,19+,23+,24-/m0/s1. The maximum Gasteiger partial charge on any atom is 0.225 e. The molecule has 1 aromatic carbocycles. The van der Waals surface area contributed by atoms with Crippen LogP contribution in [0.2, 0.25) is 0 Å². The molecule has 1 aliphatic rings. The summed E-state index contributed by atoms with van der Waals surface area (Å²) in [7, 11) is 0. The summed E-state index contributed by atoms with van der Waals surface area (Å²) in [6, 6.07) is 4.91. The highest BCUT2D eigenvalue weighted by atomic mass is 32.1. The molecule has 0 amide bonds. The normalized spacial score (nSPS) is 21.2. The van der Waals surface area contributed by atoms with E-state index in [0.717, 1.165) is 15.9 Å². The highest BCUT2D eigenvalue weighted by Crippen LogP contribution is 2.40. The van der Waals surface area contributed by atoms with Crippen molar-refractivity contribution in [2.75, 3.05) is 10.6 Å². The van der Waals surface area contributed by atoms with Gasteiger partial charge in [0, 0.05) is 24.2 Å². The molecule has 1 fully saturated rings. The third-order valence-electron chi connectivity index (χ3n) is 7.42. The fraction of sp³-hybridized carbons (Fsp3) is 0.429. The van der Waals surface area contributed by atoms with E-state index < -0.39 is 41.4 Å². The predicted octanol–water partition coefficient (Wildman–Crippen LogP) is 4.20. The van der Waals surface area contributed by atoms with E-state index in [1.165, 1.54) is 29.5 Å². The first-order valence-electron chi connectivity index (χ1n) is 13.1. The van der Waals surface area contributed by atoms with Crippen molar-refractivity contribution in [3.63, 3.8) is 0 Å². The average Bonchev–Trinajstić information content (AvgIpc) is 3.44. The van der Waals surface area contributed by atoms with Crippen LogP contribution in [0.25, 0.3) is 20.8 Å². The Morgan fingerprint density at radius 3 is 2.45 bits per heavy atom. The topological polar surface area (TPSA) is 136 Å². The van der Waals surface area contributed by atoms with E-state index in [9.17, 15) is 24.1 Å². The molecule has 12 heteroatoms. The quantitative estimate of drug-likeness (QED) is 0.211. The Labute approximate surface area is 234 Å². The van der Waals surface area contributed by atoms with Gasteiger partial charge in [-0.05, 0) is 51.8 Å². The Morgan fingerprint density at radius 1 is 1.07 bits per heavy atom. The van der Waals surface area contributed by atoms with Crippen molar-refractivity contribution >= 4 is 33.3 Å². The molecule has 1 aliphatic carbocycles. The van der Waals surface area contributed by atoms with Gasteiger partial charge in [-0.25, -0.2) is 18.7 Å². The average molecular weight is 571 g/mol. The summed E-state index contributed by atoms with van der Waals surface area (Å²) in [4.78, 5) is 18.5. The molecule has 9 nitrogen and oxygen atoms in total. The summed E-state index contributed by atoms with van der Waals surface area (Å²) in [5, 5.41) is 38.9. The number of hydrogen-bond donors (Lipinski definition) is 5. The second-order valence-corrected chi connectivity index (χ2v) is 11.6. The molecule has 0 bridgehead atoms. The van der Waals surface area contributed by atoms with E-state index in [1.54, 1.807) is 27.0 Å². The van der Waals surface area contributed by atoms with E-state index in [-0.39, 0.29) is 24.5 Å². The van der Waals surface area contributed by atoms with Crippen LogP contribution in [0.15, 0.2) is 30.5 Å². The molecule has 0 saturated heterocycles. The van der Waals surface area contributed by atoms with Crippen molar-refractivity contribution < 1.29 is 24.1 Å². The predicted molar refractivity (Wildman–Crippen MR) is 150 cm³/mol. The van der Waals surface area contributed by atoms with Crippen molar-refractivity contribution in [3.8, 4) is 10.6 Å². The second kappa shape index (κ2) is 10.9. The van der Waals surface area contributed by atoms with Gasteiger partial charge in [-0.2, -0.15) is 4.98 Å². The number of aliphatic hydroxyl groups excluding tert-OH is 2. The van der Waals surface area contributed by atoms with E-state index in [0.29, 0.717) is 28.5 Å². The fourth-order valence-corrected chi connectivity index (χ4v) is 6.29. The Bertz CT molecular complexity index is 1520. The number of rotatable bonds is 8. The van der Waals surface area contributed by atoms with E-state index in [1.807, 2.05) is 13.0 Å². The second-order valence-electron chi connectivity index (χ2n) is 10.6. The van der Waals surface area contributed by atoms with Crippen molar-refractivity contribution in [1.29, 1.82) is 0 Å². The monoisotopic (exact) mass is 570 g/mol. The lowest BCUT2D eigenvalue weighted by Crippen LogP contribution is -2.40. The van der Waals surface area contributed by atoms with Crippen LogP contribution >= 0.6 is 11.3 Å². The Morgan fingerprint density at radius 2 is 1.80 bits per heavy atom. The number of hydrogen-bond acceptors (Lipinski definition) is 10. The summed E-state index contributed by atoms with van der Waals surface area (Å²) in [6.07, 6.45) is 0.413. The molecule has 0 aliphatic heterocycles. The van der Waals surface area contributed by atoms with E-state index in [4.69, 9.17) is 4.98 Å². The molecule has 0 spiro atoms. The van der Waals surface area contributed by atoms with Crippen LogP contribution in [-0.4, -0.2) is 59.1 Å². The molecule has 4 atom stereocenters. The molecular formula is C28H32F2N6O3S. The van der Waals surface area contributed by atoms with Gasteiger partial charge in [0.05, 0.1) is 39.4 Å². The number of aromatic nitrogens is 4. The minimum atomic E-state index is -1.21. The molecule has 5 rings (SSSR count). The van der Waals surface area contributed by atoms with Gasteiger partial charge in [0.2, 0.25) is 5.95 Å². The number of halogens is 2. The molecule has 0 radical (unpaired) electrons. The van der Waals surface area contributed by atoms with Crippen LogP contribution in [0.3, 0.4) is 0 Å². The van der Waals surface area contributed by atoms with Gasteiger partial charge in [-0.15, -0.1) is 11.3 Å². The number of nitrogens with zero attached hydrogens (tertiary/aromatic N) is 4. The van der Waals surface area contributed by atoms with Gasteiger partial charge in [0.25, 0.3) is 0 Å². The molecule has 40 heavy (non-hydrogen) atoms. The number of aryl methyl sites for hydroxylation is 2. The zero-order chi connectivity index (χ0) is 28.8. The first-order valence-corrected chi connectivity index (χ1v) is 13.9. The smallest absolute Gasteiger partial charge is 0.225 e. The van der Waals surface area contributed by atoms with Crippen molar-refractivity contribution in [2.45, 2.75) is 70.9 Å². The Balaban J connectivity index is 1.55. The van der Waals surface area contributed by atoms with Crippen LogP contribution < -0.4 is 10.6 Å². The van der Waals surface area contributed by atoms with Gasteiger partial charge in [0.1, 0.15) is 34.1 Å². The summed E-state index contributed by atoms with van der Waals surface area (Å²) in [6.45, 7) is 6.80. The lowest BCUT2D eigenvalue weighted by Gasteiger charge is -2.28. The fourth-order valence-electron chi connectivity index (χ4n) is 5.21. The first-order chi connectivity index (χ1) is 19.0. The minimum absolute atomic E-state index is 0.121. The van der Waals surface area contributed by atoms with Gasteiger partial charge in [0.15, 0.2) is 0 Å². The van der Waals surface area contributed by atoms with Gasteiger partial charge >= 0.3 is 0 Å². The highest BCUT2D eigenvalue weighted by Gasteiger charge is 2.48. The summed E-state index contributed by atoms with van der Waals surface area (Å²) in [5.41, 5.74) is 1.43. The molecule has 3 heterocycles. The van der Waals surface area contributed by atoms with Crippen LogP contribution in [0.4, 0.5) is 20.5 Å². The number of benzene rings is 1. The lowest BCUT2D eigenvalue weighted by molar-refractivity contribution is -0.0601. The zero-order valence-electron chi connectivity index (χ0n) is 22.6. The van der Waals surface area contributed by atoms with Crippen molar-refractivity contribution in [3.05, 3.63) is 59.0 Å². The van der Waals surface area contributed by atoms with Crippen LogP contribution in [-0.2, 0) is 13.0 Å². The largest absolute Gasteiger partial charge is 0.390 e. The molecular weight excluding hydrogens is 538 g/mol. The van der Waals surface area contributed by atoms with Crippen LogP contribution in [0, 0.1) is 24.5 Å². The minimum Gasteiger partial charge on any atom is -0.390 e. The van der Waals surface area contributed by atoms with Crippen molar-refractivity contribution in [2.24, 2.45) is 5.92 Å². The number of nitrogens with one attached hydrogen (secondary N) is 2. The molecule has 0 unspecified atom stereocenters. The zero-order valence-corrected chi connectivity index (χ0v) is 23.4. The molecule has 4 aromatic rings. The van der Waals surface area contributed by atoms with Gasteiger partial charge in [-0.3, -0.25) is 4.98 Å². The Hall–Kier alpha value is -3.32. The SMILES string of the molecule is CCc1nccc2sc(-c3c(C)nc(NCc4c(F)cccc4F)nc3N[C@@H]3C[C@H](C(C)(C)O)[C@@H](O)[C@H]3O)nc12. The lowest BCUT2D eigenvalue weighted by atomic mass is 9.88. The maximum atomic E-state index is 14.2. The summed E-state index contributed by atoms with van der Waals surface area (Å²) < 4.78 is 29.4. The highest BCUT2D eigenvalue weighted by molar-refractivity contribution is 7.21. The number of aliphatic hydroxyl groups is 3. The number of thiazole rings is 1. The van der Waals surface area contributed by atoms with E-state index >= 15 is 0 Å². The van der Waals surface area contributed by atoms with Crippen LogP contribution in [0.5, 0.6) is 0 Å². The van der Waals surface area contributed by atoms with Gasteiger partial charge < -0.3 is 26.0 Å². The van der Waals surface area contributed by atoms with Crippen molar-refractivity contribution in [1.82, 2.24) is 19.9 Å². The number of anilines is 2. The maximum absolute atomic E-state index is 14.2. The molecule has 1 saturated carbocycles. The number of fused-ring (bicyclic) bond motifs is 1. The van der Waals surface area contributed by atoms with Crippen LogP contribution in [0.1, 0.15) is 44.1 Å². The number of pyridine rings is 1. The van der Waals surface area contributed by atoms with Gasteiger partial charge in [-0.1, -0.05) is 13.0 Å². The molecule has 5 N–H and O–H groups in total. The summed E-state index contributed by atoms with van der Waals surface area (Å²) >= 11 is 1.45. The Kier molecular flexibility index (Phi) is 7.71. The molecule has 212 valence electrons. The van der Waals surface area contributed by atoms with E-state index in [2.05, 4.69) is 25.6 Å². The third kappa shape index (κ3) is 5.36.